The number of hydrogen-bond donors (Lipinski definition) is 0. The zero-order chi connectivity index (χ0) is 8.81. The molecule has 3 nitrogen and oxygen atoms in total. The number of aromatic nitrogens is 3. The van der Waals surface area contributed by atoms with Crippen LogP contribution in [0, 0.1) is 0 Å². The van der Waals surface area contributed by atoms with Gasteiger partial charge in [0.1, 0.15) is 0 Å². The fraction of sp³-hybridized carbons (Fsp3) is 0.750. The fourth-order valence-electron chi connectivity index (χ4n) is 1.01. The van der Waals surface area contributed by atoms with Crippen molar-refractivity contribution in [1.82, 2.24) is 15.0 Å². The van der Waals surface area contributed by atoms with Crippen LogP contribution in [-0.2, 0) is 13.0 Å². The van der Waals surface area contributed by atoms with Gasteiger partial charge in [-0.25, -0.2) is 0 Å². The molecule has 0 aliphatic heterocycles. The van der Waals surface area contributed by atoms with E-state index >= 15 is 0 Å². The molecule has 68 valence electrons. The molecule has 0 amide bonds. The Morgan fingerprint density at radius 1 is 1.58 bits per heavy atom. The lowest BCUT2D eigenvalue weighted by atomic mass is 10.2. The predicted octanol–water partition coefficient (Wildman–Crippen LogP) is 2.06. The van der Waals surface area contributed by atoms with Gasteiger partial charge < -0.3 is 0 Å². The van der Waals surface area contributed by atoms with E-state index in [9.17, 15) is 0 Å². The lowest BCUT2D eigenvalue weighted by Gasteiger charge is -1.92. The van der Waals surface area contributed by atoms with Crippen LogP contribution in [0.4, 0.5) is 0 Å². The number of alkyl halides is 1. The van der Waals surface area contributed by atoms with Crippen molar-refractivity contribution in [3.05, 3.63) is 11.9 Å². The number of nitrogens with zero attached hydrogens (tertiary/aromatic N) is 3. The zero-order valence-electron chi connectivity index (χ0n) is 7.33. The third-order valence-electron chi connectivity index (χ3n) is 1.69. The normalized spacial score (nSPS) is 10.5. The molecule has 1 rings (SSSR count). The molecule has 4 heteroatoms. The Morgan fingerprint density at radius 3 is 3.08 bits per heavy atom. The molecule has 0 aromatic carbocycles. The summed E-state index contributed by atoms with van der Waals surface area (Å²) in [7, 11) is 0. The van der Waals surface area contributed by atoms with Crippen LogP contribution in [0.1, 0.15) is 25.5 Å². The maximum Gasteiger partial charge on any atom is 0.0827 e. The molecule has 0 saturated heterocycles. The van der Waals surface area contributed by atoms with Gasteiger partial charge in [0, 0.05) is 10.6 Å². The van der Waals surface area contributed by atoms with E-state index < -0.39 is 0 Å². The van der Waals surface area contributed by atoms with Gasteiger partial charge in [0.25, 0.3) is 0 Å². The molecular weight excluding hydrogens is 265 g/mol. The highest BCUT2D eigenvalue weighted by atomic mass is 127. The highest BCUT2D eigenvalue weighted by molar-refractivity contribution is 14.1. The highest BCUT2D eigenvalue weighted by Gasteiger charge is 1.98. The first-order chi connectivity index (χ1) is 5.86. The van der Waals surface area contributed by atoms with E-state index in [1.165, 1.54) is 12.8 Å². The second-order valence-electron chi connectivity index (χ2n) is 2.77. The topological polar surface area (TPSA) is 30.7 Å². The molecule has 0 atom stereocenters. The second kappa shape index (κ2) is 5.50. The van der Waals surface area contributed by atoms with Crippen molar-refractivity contribution in [2.24, 2.45) is 0 Å². The number of hydrogen-bond acceptors (Lipinski definition) is 2. The minimum absolute atomic E-state index is 0.972. The SMILES string of the molecule is CCCCc1cn(CCI)nn1. The largest absolute Gasteiger partial charge is 0.252 e. The van der Waals surface area contributed by atoms with Crippen molar-refractivity contribution in [3.63, 3.8) is 0 Å². The van der Waals surface area contributed by atoms with Crippen LogP contribution < -0.4 is 0 Å². The molecule has 0 aliphatic carbocycles. The molecule has 1 aromatic heterocycles. The molecule has 0 aliphatic rings. The lowest BCUT2D eigenvalue weighted by molar-refractivity contribution is 0.636. The van der Waals surface area contributed by atoms with E-state index in [4.69, 9.17) is 0 Å². The minimum atomic E-state index is 0.972. The second-order valence-corrected chi connectivity index (χ2v) is 3.84. The van der Waals surface area contributed by atoms with E-state index in [1.54, 1.807) is 0 Å². The van der Waals surface area contributed by atoms with Crippen LogP contribution in [0.15, 0.2) is 6.20 Å². The first-order valence-corrected chi connectivity index (χ1v) is 5.84. The summed E-state index contributed by atoms with van der Waals surface area (Å²) < 4.78 is 3.01. The van der Waals surface area contributed by atoms with Gasteiger partial charge in [-0.2, -0.15) is 0 Å². The van der Waals surface area contributed by atoms with Crippen LogP contribution in [0.2, 0.25) is 0 Å². The van der Waals surface area contributed by atoms with Crippen LogP contribution in [0.25, 0.3) is 0 Å². The first kappa shape index (κ1) is 9.95. The van der Waals surface area contributed by atoms with Crippen LogP contribution >= 0.6 is 22.6 Å². The number of halogens is 1. The summed E-state index contributed by atoms with van der Waals surface area (Å²) >= 11 is 2.34. The van der Waals surface area contributed by atoms with Gasteiger partial charge in [0.05, 0.1) is 12.2 Å². The number of aryl methyl sites for hydroxylation is 2. The molecule has 0 unspecified atom stereocenters. The quantitative estimate of drug-likeness (QED) is 0.610. The summed E-state index contributed by atoms with van der Waals surface area (Å²) in [6.45, 7) is 3.16. The van der Waals surface area contributed by atoms with Crippen LogP contribution in [0.5, 0.6) is 0 Å². The van der Waals surface area contributed by atoms with Gasteiger partial charge in [-0.3, -0.25) is 4.68 Å². The van der Waals surface area contributed by atoms with E-state index in [0.29, 0.717) is 0 Å². The van der Waals surface area contributed by atoms with Gasteiger partial charge in [0.2, 0.25) is 0 Å². The maximum absolute atomic E-state index is 4.08. The van der Waals surface area contributed by atoms with Gasteiger partial charge in [-0.05, 0) is 12.8 Å². The first-order valence-electron chi connectivity index (χ1n) is 4.31. The zero-order valence-corrected chi connectivity index (χ0v) is 9.49. The van der Waals surface area contributed by atoms with Gasteiger partial charge in [-0.15, -0.1) is 5.10 Å². The summed E-state index contributed by atoms with van der Waals surface area (Å²) in [6, 6.07) is 0. The van der Waals surface area contributed by atoms with Gasteiger partial charge in [0.15, 0.2) is 0 Å². The highest BCUT2D eigenvalue weighted by Crippen LogP contribution is 2.00. The monoisotopic (exact) mass is 279 g/mol. The van der Waals surface area contributed by atoms with E-state index in [1.807, 2.05) is 10.9 Å². The van der Waals surface area contributed by atoms with E-state index in [-0.39, 0.29) is 0 Å². The Hall–Kier alpha value is -0.130. The molecule has 1 heterocycles. The summed E-state index contributed by atoms with van der Waals surface area (Å²) in [5, 5.41) is 8.10. The van der Waals surface area contributed by atoms with Crippen molar-refractivity contribution in [1.29, 1.82) is 0 Å². The molecular formula is C8H14IN3. The summed E-state index contributed by atoms with van der Waals surface area (Å²) in [5.41, 5.74) is 1.13. The Morgan fingerprint density at radius 2 is 2.42 bits per heavy atom. The van der Waals surface area contributed by atoms with Gasteiger partial charge >= 0.3 is 0 Å². The van der Waals surface area contributed by atoms with E-state index in [2.05, 4.69) is 39.8 Å². The molecule has 1 aromatic rings. The average molecular weight is 279 g/mol. The van der Waals surface area contributed by atoms with Crippen molar-refractivity contribution >= 4 is 22.6 Å². The Kier molecular flexibility index (Phi) is 4.57. The van der Waals surface area contributed by atoms with Crippen molar-refractivity contribution in [3.8, 4) is 0 Å². The number of unbranched alkanes of at least 4 members (excludes halogenated alkanes) is 1. The molecule has 0 fully saturated rings. The molecule has 12 heavy (non-hydrogen) atoms. The summed E-state index contributed by atoms with van der Waals surface area (Å²) in [4.78, 5) is 0. The molecule has 0 radical (unpaired) electrons. The third kappa shape index (κ3) is 3.08. The van der Waals surface area contributed by atoms with Crippen LogP contribution in [0.3, 0.4) is 0 Å². The summed E-state index contributed by atoms with van der Waals surface area (Å²) in [5.74, 6) is 0. The molecule has 0 spiro atoms. The minimum Gasteiger partial charge on any atom is -0.252 e. The fourth-order valence-corrected chi connectivity index (χ4v) is 1.50. The Balaban J connectivity index is 2.41. The Bertz CT molecular complexity index is 222. The Labute approximate surface area is 86.7 Å². The van der Waals surface area contributed by atoms with Gasteiger partial charge in [-0.1, -0.05) is 41.1 Å². The van der Waals surface area contributed by atoms with Crippen molar-refractivity contribution in [2.75, 3.05) is 4.43 Å². The van der Waals surface area contributed by atoms with Crippen LogP contribution in [-0.4, -0.2) is 19.4 Å². The predicted molar refractivity (Wildman–Crippen MR) is 57.5 cm³/mol. The van der Waals surface area contributed by atoms with Crippen molar-refractivity contribution in [2.45, 2.75) is 32.7 Å². The molecule has 0 saturated carbocycles. The summed E-state index contributed by atoms with van der Waals surface area (Å²) in [6.07, 6.45) is 5.55. The van der Waals surface area contributed by atoms with E-state index in [0.717, 1.165) is 23.1 Å². The maximum atomic E-state index is 4.08. The average Bonchev–Trinajstić information content (AvgIpc) is 2.50. The number of rotatable bonds is 5. The lowest BCUT2D eigenvalue weighted by Crippen LogP contribution is -1.98. The molecule has 0 bridgehead atoms. The standard InChI is InChI=1S/C8H14IN3/c1-2-3-4-8-7-12(6-5-9)11-10-8/h7H,2-6H2,1H3. The smallest absolute Gasteiger partial charge is 0.0827 e. The third-order valence-corrected chi connectivity index (χ3v) is 2.17. The van der Waals surface area contributed by atoms with Crippen molar-refractivity contribution < 1.29 is 0 Å². The molecule has 0 N–H and O–H groups in total.